The molecule has 1 aliphatic heterocycles. The molecular weight excluding hydrogens is 282 g/mol. The molecular formula is C16H19N3O3. The number of anilines is 1. The highest BCUT2D eigenvalue weighted by atomic mass is 16.5. The minimum Gasteiger partial charge on any atom is -0.493 e. The van der Waals surface area contributed by atoms with E-state index >= 15 is 0 Å². The summed E-state index contributed by atoms with van der Waals surface area (Å²) in [7, 11) is 3.25. The molecule has 3 rings (SSSR count). The van der Waals surface area contributed by atoms with Crippen molar-refractivity contribution in [2.45, 2.75) is 0 Å². The van der Waals surface area contributed by atoms with Crippen LogP contribution in [-0.4, -0.2) is 50.5 Å². The summed E-state index contributed by atoms with van der Waals surface area (Å²) in [5.41, 5.74) is 1.83. The van der Waals surface area contributed by atoms with Crippen molar-refractivity contribution in [3.05, 3.63) is 30.5 Å². The summed E-state index contributed by atoms with van der Waals surface area (Å²) >= 11 is 0. The van der Waals surface area contributed by atoms with Crippen molar-refractivity contribution in [3.63, 3.8) is 0 Å². The summed E-state index contributed by atoms with van der Waals surface area (Å²) in [6.45, 7) is 3.05. The van der Waals surface area contributed by atoms with E-state index < -0.39 is 0 Å². The highest BCUT2D eigenvalue weighted by molar-refractivity contribution is 5.64. The van der Waals surface area contributed by atoms with Gasteiger partial charge in [-0.15, -0.1) is 0 Å². The molecule has 2 aromatic rings. The van der Waals surface area contributed by atoms with Gasteiger partial charge in [0, 0.05) is 24.8 Å². The minimum absolute atomic E-state index is 0.687. The molecule has 1 aliphatic rings. The standard InChI is InChI=1S/C16H19N3O3/c1-20-14-4-3-12(11-15(14)21-2)13-5-6-17-16(18-13)19-7-9-22-10-8-19/h3-6,11H,7-10H2,1-2H3. The number of hydrogen-bond acceptors (Lipinski definition) is 6. The summed E-state index contributed by atoms with van der Waals surface area (Å²) in [4.78, 5) is 11.2. The monoisotopic (exact) mass is 301 g/mol. The molecule has 0 N–H and O–H groups in total. The van der Waals surface area contributed by atoms with Crippen LogP contribution in [0.25, 0.3) is 11.3 Å². The van der Waals surface area contributed by atoms with E-state index in [0.29, 0.717) is 24.7 Å². The Kier molecular flexibility index (Phi) is 4.39. The third-order valence-electron chi connectivity index (χ3n) is 3.62. The van der Waals surface area contributed by atoms with Crippen LogP contribution >= 0.6 is 0 Å². The smallest absolute Gasteiger partial charge is 0.226 e. The molecule has 0 bridgehead atoms. The number of nitrogens with zero attached hydrogens (tertiary/aromatic N) is 3. The number of benzene rings is 1. The Morgan fingerprint density at radius 2 is 1.82 bits per heavy atom. The van der Waals surface area contributed by atoms with Crippen LogP contribution in [0.3, 0.4) is 0 Å². The first-order chi connectivity index (χ1) is 10.8. The van der Waals surface area contributed by atoms with Crippen LogP contribution in [0, 0.1) is 0 Å². The van der Waals surface area contributed by atoms with Gasteiger partial charge in [0.1, 0.15) is 0 Å². The Bertz CT molecular complexity index is 642. The molecule has 6 heteroatoms. The molecule has 0 amide bonds. The maximum Gasteiger partial charge on any atom is 0.226 e. The molecule has 116 valence electrons. The lowest BCUT2D eigenvalue weighted by Gasteiger charge is -2.26. The summed E-state index contributed by atoms with van der Waals surface area (Å²) < 4.78 is 16.0. The van der Waals surface area contributed by atoms with Gasteiger partial charge in [0.05, 0.1) is 33.1 Å². The maximum atomic E-state index is 5.36. The SMILES string of the molecule is COc1ccc(-c2ccnc(N3CCOCC3)n2)cc1OC. The van der Waals surface area contributed by atoms with Gasteiger partial charge in [-0.25, -0.2) is 9.97 Å². The van der Waals surface area contributed by atoms with Gasteiger partial charge in [-0.1, -0.05) is 0 Å². The van der Waals surface area contributed by atoms with Crippen molar-refractivity contribution in [2.75, 3.05) is 45.4 Å². The number of aromatic nitrogens is 2. The molecule has 0 saturated carbocycles. The Morgan fingerprint density at radius 1 is 1.05 bits per heavy atom. The fraction of sp³-hybridized carbons (Fsp3) is 0.375. The summed E-state index contributed by atoms with van der Waals surface area (Å²) in [5.74, 6) is 2.12. The molecule has 0 unspecified atom stereocenters. The van der Waals surface area contributed by atoms with E-state index in [-0.39, 0.29) is 0 Å². The van der Waals surface area contributed by atoms with E-state index in [4.69, 9.17) is 14.2 Å². The molecule has 6 nitrogen and oxygen atoms in total. The second kappa shape index (κ2) is 6.62. The second-order valence-corrected chi connectivity index (χ2v) is 4.91. The number of morpholine rings is 1. The van der Waals surface area contributed by atoms with Crippen LogP contribution in [0.5, 0.6) is 11.5 Å². The zero-order valence-electron chi connectivity index (χ0n) is 12.8. The van der Waals surface area contributed by atoms with Crippen molar-refractivity contribution >= 4 is 5.95 Å². The van der Waals surface area contributed by atoms with Gasteiger partial charge in [0.15, 0.2) is 11.5 Å². The zero-order valence-corrected chi connectivity index (χ0v) is 12.8. The van der Waals surface area contributed by atoms with Crippen molar-refractivity contribution in [1.29, 1.82) is 0 Å². The highest BCUT2D eigenvalue weighted by Gasteiger charge is 2.15. The molecule has 1 aromatic heterocycles. The highest BCUT2D eigenvalue weighted by Crippen LogP contribution is 2.31. The maximum absolute atomic E-state index is 5.36. The van der Waals surface area contributed by atoms with Crippen molar-refractivity contribution < 1.29 is 14.2 Å². The van der Waals surface area contributed by atoms with E-state index in [2.05, 4.69) is 14.9 Å². The molecule has 1 saturated heterocycles. The average molecular weight is 301 g/mol. The van der Waals surface area contributed by atoms with Crippen LogP contribution in [0.2, 0.25) is 0 Å². The normalized spacial score (nSPS) is 14.7. The molecule has 0 atom stereocenters. The molecule has 1 fully saturated rings. The number of methoxy groups -OCH3 is 2. The Balaban J connectivity index is 1.91. The summed E-state index contributed by atoms with van der Waals surface area (Å²) in [6.07, 6.45) is 1.78. The van der Waals surface area contributed by atoms with Gasteiger partial charge >= 0.3 is 0 Å². The van der Waals surface area contributed by atoms with Gasteiger partial charge in [0.2, 0.25) is 5.95 Å². The number of ether oxygens (including phenoxy) is 3. The van der Waals surface area contributed by atoms with Crippen molar-refractivity contribution in [2.24, 2.45) is 0 Å². The number of rotatable bonds is 4. The molecule has 0 spiro atoms. The quantitative estimate of drug-likeness (QED) is 0.861. The molecule has 22 heavy (non-hydrogen) atoms. The van der Waals surface area contributed by atoms with Crippen LogP contribution < -0.4 is 14.4 Å². The van der Waals surface area contributed by atoms with Crippen LogP contribution in [0.1, 0.15) is 0 Å². The zero-order chi connectivity index (χ0) is 15.4. The molecule has 0 aliphatic carbocycles. The number of hydrogen-bond donors (Lipinski definition) is 0. The van der Waals surface area contributed by atoms with Gasteiger partial charge in [0.25, 0.3) is 0 Å². The third kappa shape index (κ3) is 2.96. The average Bonchev–Trinajstić information content (AvgIpc) is 2.62. The third-order valence-corrected chi connectivity index (χ3v) is 3.62. The second-order valence-electron chi connectivity index (χ2n) is 4.91. The Labute approximate surface area is 129 Å². The molecule has 1 aromatic carbocycles. The molecule has 0 radical (unpaired) electrons. The van der Waals surface area contributed by atoms with Crippen molar-refractivity contribution in [1.82, 2.24) is 9.97 Å². The van der Waals surface area contributed by atoms with Gasteiger partial charge < -0.3 is 19.1 Å². The fourth-order valence-electron chi connectivity index (χ4n) is 2.42. The summed E-state index contributed by atoms with van der Waals surface area (Å²) in [6, 6.07) is 7.66. The van der Waals surface area contributed by atoms with E-state index in [0.717, 1.165) is 30.3 Å². The fourth-order valence-corrected chi connectivity index (χ4v) is 2.42. The summed E-state index contributed by atoms with van der Waals surface area (Å²) in [5, 5.41) is 0. The Hall–Kier alpha value is -2.34. The lowest BCUT2D eigenvalue weighted by Crippen LogP contribution is -2.37. The first kappa shape index (κ1) is 14.6. The van der Waals surface area contributed by atoms with Crippen molar-refractivity contribution in [3.8, 4) is 22.8 Å². The first-order valence-electron chi connectivity index (χ1n) is 7.20. The first-order valence-corrected chi connectivity index (χ1v) is 7.20. The largest absolute Gasteiger partial charge is 0.493 e. The molecule has 2 heterocycles. The lowest BCUT2D eigenvalue weighted by molar-refractivity contribution is 0.122. The Morgan fingerprint density at radius 3 is 2.55 bits per heavy atom. The topological polar surface area (TPSA) is 56.7 Å². The van der Waals surface area contributed by atoms with E-state index in [1.807, 2.05) is 24.3 Å². The van der Waals surface area contributed by atoms with Crippen LogP contribution in [0.15, 0.2) is 30.5 Å². The van der Waals surface area contributed by atoms with Gasteiger partial charge in [-0.05, 0) is 24.3 Å². The van der Waals surface area contributed by atoms with E-state index in [1.165, 1.54) is 0 Å². The van der Waals surface area contributed by atoms with E-state index in [9.17, 15) is 0 Å². The van der Waals surface area contributed by atoms with E-state index in [1.54, 1.807) is 20.4 Å². The lowest BCUT2D eigenvalue weighted by atomic mass is 10.1. The minimum atomic E-state index is 0.687. The van der Waals surface area contributed by atoms with Crippen LogP contribution in [0.4, 0.5) is 5.95 Å². The van der Waals surface area contributed by atoms with Gasteiger partial charge in [-0.2, -0.15) is 0 Å². The predicted octanol–water partition coefficient (Wildman–Crippen LogP) is 2.00. The predicted molar refractivity (Wildman–Crippen MR) is 83.6 cm³/mol. The van der Waals surface area contributed by atoms with Crippen LogP contribution in [-0.2, 0) is 4.74 Å². The van der Waals surface area contributed by atoms with Gasteiger partial charge in [-0.3, -0.25) is 0 Å².